The predicted octanol–water partition coefficient (Wildman–Crippen LogP) is 0.192. The van der Waals surface area contributed by atoms with Crippen molar-refractivity contribution in [1.82, 2.24) is 5.01 Å². The van der Waals surface area contributed by atoms with Crippen molar-refractivity contribution in [1.29, 1.82) is 0 Å². The van der Waals surface area contributed by atoms with Crippen LogP contribution in [-0.2, 0) is 4.79 Å². The molecule has 1 N–H and O–H groups in total. The average molecular weight is 203 g/mol. The fourth-order valence-corrected chi connectivity index (χ4v) is 2.56. The van der Waals surface area contributed by atoms with Crippen LogP contribution in [0.15, 0.2) is 35.2 Å². The minimum Gasteiger partial charge on any atom is -0.289 e. The summed E-state index contributed by atoms with van der Waals surface area (Å²) in [6, 6.07) is 0. The standard InChI is InChI=1S/C12H14N2O/c1-9-6-11-10(12(15)7-9)8-13-4-2-3-5-14(11)13/h6-8H,2-5H2,1H3/p+1. The van der Waals surface area contributed by atoms with Crippen LogP contribution < -0.4 is 5.01 Å². The maximum Gasteiger partial charge on any atom is 0.193 e. The number of carbonyl (C=O) groups excluding carboxylic acids is 1. The summed E-state index contributed by atoms with van der Waals surface area (Å²) in [5.74, 6) is 0.173. The van der Waals surface area contributed by atoms with Crippen LogP contribution in [0.1, 0.15) is 19.8 Å². The lowest BCUT2D eigenvalue weighted by molar-refractivity contribution is -0.963. The molecule has 0 amide bonds. The lowest BCUT2D eigenvalue weighted by Crippen LogP contribution is -3.13. The van der Waals surface area contributed by atoms with Crippen molar-refractivity contribution in [3.63, 3.8) is 0 Å². The molecule has 0 saturated carbocycles. The molecule has 2 aliphatic heterocycles. The molecule has 3 nitrogen and oxygen atoms in total. The van der Waals surface area contributed by atoms with Crippen LogP contribution in [0.3, 0.4) is 0 Å². The van der Waals surface area contributed by atoms with E-state index in [2.05, 4.69) is 17.3 Å². The molecule has 15 heavy (non-hydrogen) atoms. The Morgan fingerprint density at radius 2 is 2.20 bits per heavy atom. The maximum absolute atomic E-state index is 11.8. The molecule has 1 aliphatic carbocycles. The number of fused-ring (bicyclic) bond motifs is 3. The Morgan fingerprint density at radius 1 is 1.33 bits per heavy atom. The third-order valence-corrected chi connectivity index (χ3v) is 3.28. The van der Waals surface area contributed by atoms with E-state index >= 15 is 0 Å². The Labute approximate surface area is 89.3 Å². The van der Waals surface area contributed by atoms with E-state index in [9.17, 15) is 4.79 Å². The zero-order chi connectivity index (χ0) is 10.4. The number of nitrogens with zero attached hydrogens (tertiary/aromatic N) is 1. The number of quaternary nitrogens is 1. The van der Waals surface area contributed by atoms with Crippen LogP contribution in [0.2, 0.25) is 0 Å². The van der Waals surface area contributed by atoms with Gasteiger partial charge in [-0.05, 0) is 31.1 Å². The number of ketones is 1. The smallest absolute Gasteiger partial charge is 0.193 e. The molecular weight excluding hydrogens is 188 g/mol. The topological polar surface area (TPSA) is 24.8 Å². The van der Waals surface area contributed by atoms with Crippen LogP contribution in [-0.4, -0.2) is 23.9 Å². The van der Waals surface area contributed by atoms with Gasteiger partial charge in [0.15, 0.2) is 5.78 Å². The number of carbonyl (C=O) groups is 1. The molecule has 0 radical (unpaired) electrons. The van der Waals surface area contributed by atoms with Crippen LogP contribution in [0.25, 0.3) is 0 Å². The highest BCUT2D eigenvalue weighted by atomic mass is 16.1. The van der Waals surface area contributed by atoms with Gasteiger partial charge in [0.1, 0.15) is 24.0 Å². The van der Waals surface area contributed by atoms with Crippen LogP contribution >= 0.6 is 0 Å². The van der Waals surface area contributed by atoms with E-state index in [1.807, 2.05) is 6.92 Å². The summed E-state index contributed by atoms with van der Waals surface area (Å²) >= 11 is 0. The first-order chi connectivity index (χ1) is 7.25. The number of allylic oxidation sites excluding steroid dienone is 4. The Bertz CT molecular complexity index is 417. The van der Waals surface area contributed by atoms with Gasteiger partial charge < -0.3 is 0 Å². The van der Waals surface area contributed by atoms with E-state index in [0.717, 1.165) is 29.9 Å². The Morgan fingerprint density at radius 3 is 3.07 bits per heavy atom. The normalized spacial score (nSPS) is 29.1. The quantitative estimate of drug-likeness (QED) is 0.608. The zero-order valence-electron chi connectivity index (χ0n) is 8.92. The summed E-state index contributed by atoms with van der Waals surface area (Å²) in [7, 11) is 0. The third-order valence-electron chi connectivity index (χ3n) is 3.28. The van der Waals surface area contributed by atoms with Gasteiger partial charge in [-0.2, -0.15) is 0 Å². The molecule has 1 unspecified atom stereocenters. The maximum atomic E-state index is 11.8. The first-order valence-electron chi connectivity index (χ1n) is 5.55. The van der Waals surface area contributed by atoms with Gasteiger partial charge in [0.05, 0.1) is 6.54 Å². The summed E-state index contributed by atoms with van der Waals surface area (Å²) in [4.78, 5) is 11.8. The molecule has 0 spiro atoms. The van der Waals surface area contributed by atoms with Gasteiger partial charge in [-0.3, -0.25) is 4.79 Å². The molecule has 3 aliphatic rings. The van der Waals surface area contributed by atoms with Gasteiger partial charge in [-0.15, -0.1) is 0 Å². The van der Waals surface area contributed by atoms with Crippen molar-refractivity contribution in [3.05, 3.63) is 35.2 Å². The molecule has 0 aromatic carbocycles. The molecule has 2 heterocycles. The van der Waals surface area contributed by atoms with Crippen molar-refractivity contribution < 1.29 is 9.80 Å². The molecule has 1 saturated heterocycles. The third kappa shape index (κ3) is 1.27. The fraction of sp³-hybridized carbons (Fsp3) is 0.417. The SMILES string of the molecule is CC1=CC(=O)C2=C[NH+]3CCCCN3C2=C1. The largest absolute Gasteiger partial charge is 0.289 e. The monoisotopic (exact) mass is 203 g/mol. The lowest BCUT2D eigenvalue weighted by atomic mass is 10.00. The van der Waals surface area contributed by atoms with Gasteiger partial charge in [0, 0.05) is 6.42 Å². The van der Waals surface area contributed by atoms with Gasteiger partial charge in [-0.1, -0.05) is 0 Å². The number of nitrogens with one attached hydrogen (secondary N) is 1. The van der Waals surface area contributed by atoms with Crippen molar-refractivity contribution in [2.75, 3.05) is 13.1 Å². The summed E-state index contributed by atoms with van der Waals surface area (Å²) < 4.78 is 0. The van der Waals surface area contributed by atoms with Crippen LogP contribution in [0.5, 0.6) is 0 Å². The molecule has 1 atom stereocenters. The number of rotatable bonds is 0. The molecule has 0 aromatic rings. The second-order valence-electron chi connectivity index (χ2n) is 4.44. The zero-order valence-corrected chi connectivity index (χ0v) is 8.92. The number of hydrogen-bond acceptors (Lipinski definition) is 2. The highest BCUT2D eigenvalue weighted by molar-refractivity contribution is 6.09. The highest BCUT2D eigenvalue weighted by Crippen LogP contribution is 2.25. The minimum atomic E-state index is 0.173. The molecule has 0 bridgehead atoms. The van der Waals surface area contributed by atoms with Crippen LogP contribution in [0.4, 0.5) is 0 Å². The molecule has 0 aromatic heterocycles. The van der Waals surface area contributed by atoms with Crippen molar-refractivity contribution >= 4 is 5.78 Å². The highest BCUT2D eigenvalue weighted by Gasteiger charge is 2.37. The van der Waals surface area contributed by atoms with Crippen LogP contribution in [0, 0.1) is 0 Å². The summed E-state index contributed by atoms with van der Waals surface area (Å²) in [5, 5.41) is 3.65. The molecule has 1 fully saturated rings. The van der Waals surface area contributed by atoms with Gasteiger partial charge in [0.2, 0.25) is 0 Å². The first kappa shape index (κ1) is 8.92. The van der Waals surface area contributed by atoms with E-state index in [0.29, 0.717) is 0 Å². The van der Waals surface area contributed by atoms with E-state index in [1.165, 1.54) is 17.9 Å². The predicted molar refractivity (Wildman–Crippen MR) is 56.7 cm³/mol. The van der Waals surface area contributed by atoms with E-state index < -0.39 is 0 Å². The van der Waals surface area contributed by atoms with Crippen molar-refractivity contribution in [2.24, 2.45) is 0 Å². The van der Waals surface area contributed by atoms with E-state index in [1.54, 1.807) is 6.08 Å². The molecule has 3 heteroatoms. The van der Waals surface area contributed by atoms with Crippen molar-refractivity contribution in [3.8, 4) is 0 Å². The van der Waals surface area contributed by atoms with E-state index in [4.69, 9.17) is 0 Å². The Balaban J connectivity index is 2.03. The summed E-state index contributed by atoms with van der Waals surface area (Å²) in [6.07, 6.45) is 8.43. The second kappa shape index (κ2) is 3.07. The van der Waals surface area contributed by atoms with Gasteiger partial charge in [-0.25, -0.2) is 10.0 Å². The summed E-state index contributed by atoms with van der Waals surface area (Å²) in [5.41, 5.74) is 3.10. The van der Waals surface area contributed by atoms with Gasteiger partial charge in [0.25, 0.3) is 0 Å². The Kier molecular flexibility index (Phi) is 1.83. The summed E-state index contributed by atoms with van der Waals surface area (Å²) in [6.45, 7) is 4.18. The number of hydrogen-bond donors (Lipinski definition) is 1. The average Bonchev–Trinajstić information content (AvgIpc) is 2.57. The first-order valence-corrected chi connectivity index (χ1v) is 5.55. The fourth-order valence-electron chi connectivity index (χ4n) is 2.56. The molecule has 3 rings (SSSR count). The van der Waals surface area contributed by atoms with E-state index in [-0.39, 0.29) is 5.78 Å². The van der Waals surface area contributed by atoms with Gasteiger partial charge >= 0.3 is 0 Å². The molecular formula is C12H15N2O+. The van der Waals surface area contributed by atoms with Crippen molar-refractivity contribution in [2.45, 2.75) is 19.8 Å². The second-order valence-corrected chi connectivity index (χ2v) is 4.44. The Hall–Kier alpha value is -1.35. The molecule has 78 valence electrons. The lowest BCUT2D eigenvalue weighted by Gasteiger charge is -2.30. The minimum absolute atomic E-state index is 0.173.